The Morgan fingerprint density at radius 2 is 1.91 bits per heavy atom. The van der Waals surface area contributed by atoms with Crippen molar-refractivity contribution >= 4 is 17.4 Å². The molecule has 23 heavy (non-hydrogen) atoms. The molecular weight excluding hydrogens is 311 g/mol. The van der Waals surface area contributed by atoms with Gasteiger partial charge < -0.3 is 10.1 Å². The van der Waals surface area contributed by atoms with Gasteiger partial charge in [-0.25, -0.2) is 4.79 Å². The van der Waals surface area contributed by atoms with E-state index < -0.39 is 23.8 Å². The van der Waals surface area contributed by atoms with E-state index in [-0.39, 0.29) is 17.1 Å². The summed E-state index contributed by atoms with van der Waals surface area (Å²) in [6.07, 6.45) is -3.85. The molecule has 1 aliphatic heterocycles. The molecule has 1 aromatic carbocycles. The number of carbonyl (C=O) groups is 2. The van der Waals surface area contributed by atoms with Crippen molar-refractivity contribution in [2.45, 2.75) is 25.9 Å². The van der Waals surface area contributed by atoms with Crippen LogP contribution in [-0.2, 0) is 9.53 Å². The number of halogens is 3. The average molecular weight is 327 g/mol. The third-order valence-corrected chi connectivity index (χ3v) is 3.71. The number of allylic oxidation sites excluding steroid dienone is 1. The average Bonchev–Trinajstić information content (AvgIpc) is 2.50. The number of hydrogen-bond donors (Lipinski definition) is 1. The molecule has 1 N–H and O–H groups in total. The molecule has 0 fully saturated rings. The molecule has 2 rings (SSSR count). The van der Waals surface area contributed by atoms with E-state index in [1.807, 2.05) is 0 Å². The predicted molar refractivity (Wildman–Crippen MR) is 78.1 cm³/mol. The Balaban J connectivity index is 2.53. The molecule has 0 saturated carbocycles. The second-order valence-electron chi connectivity index (χ2n) is 5.59. The number of nitrogens with one attached hydrogen (secondary N) is 1. The van der Waals surface area contributed by atoms with E-state index >= 15 is 0 Å². The van der Waals surface area contributed by atoms with Gasteiger partial charge in [0.05, 0.1) is 12.7 Å². The third kappa shape index (κ3) is 3.23. The van der Waals surface area contributed by atoms with E-state index in [0.717, 1.165) is 6.20 Å². The van der Waals surface area contributed by atoms with E-state index in [1.165, 1.54) is 19.2 Å². The second kappa shape index (κ2) is 6.06. The number of alkyl halides is 3. The fraction of sp³-hybridized carbons (Fsp3) is 0.375. The SMILES string of the molecule is COC(=O)c1ccc2c(c1)C(C(C)C)C(C(=O)C(F)(F)F)=CN2. The number of hydrogen-bond acceptors (Lipinski definition) is 4. The zero-order valence-corrected chi connectivity index (χ0v) is 12.8. The lowest BCUT2D eigenvalue weighted by Crippen LogP contribution is -2.31. The van der Waals surface area contributed by atoms with E-state index in [1.54, 1.807) is 19.9 Å². The molecule has 0 spiro atoms. The lowest BCUT2D eigenvalue weighted by atomic mass is 9.78. The van der Waals surface area contributed by atoms with Gasteiger partial charge in [0.15, 0.2) is 0 Å². The summed E-state index contributed by atoms with van der Waals surface area (Å²) in [5, 5.41) is 2.70. The number of benzene rings is 1. The highest BCUT2D eigenvalue weighted by molar-refractivity contribution is 6.02. The monoisotopic (exact) mass is 327 g/mol. The maximum absolute atomic E-state index is 12.8. The van der Waals surface area contributed by atoms with Crippen molar-refractivity contribution in [3.8, 4) is 0 Å². The molecule has 0 amide bonds. The van der Waals surface area contributed by atoms with Gasteiger partial charge in [0, 0.05) is 23.4 Å². The highest BCUT2D eigenvalue weighted by atomic mass is 19.4. The van der Waals surface area contributed by atoms with Crippen LogP contribution < -0.4 is 5.32 Å². The first-order valence-electron chi connectivity index (χ1n) is 6.97. The number of fused-ring (bicyclic) bond motifs is 1. The van der Waals surface area contributed by atoms with Gasteiger partial charge >= 0.3 is 12.1 Å². The van der Waals surface area contributed by atoms with Crippen LogP contribution in [0.3, 0.4) is 0 Å². The number of Topliss-reactive ketones (excluding diaryl/α,β-unsaturated/α-hetero) is 1. The summed E-state index contributed by atoms with van der Waals surface area (Å²) >= 11 is 0. The van der Waals surface area contributed by atoms with Gasteiger partial charge in [0.2, 0.25) is 0 Å². The smallest absolute Gasteiger partial charge is 0.454 e. The molecule has 1 heterocycles. The van der Waals surface area contributed by atoms with Gasteiger partial charge in [-0.2, -0.15) is 13.2 Å². The van der Waals surface area contributed by atoms with Gasteiger partial charge in [0.1, 0.15) is 0 Å². The number of rotatable bonds is 3. The predicted octanol–water partition coefficient (Wildman–Crippen LogP) is 3.65. The van der Waals surface area contributed by atoms with E-state index in [0.29, 0.717) is 11.3 Å². The first-order chi connectivity index (χ1) is 10.7. The van der Waals surface area contributed by atoms with Crippen LogP contribution in [0.1, 0.15) is 35.7 Å². The Morgan fingerprint density at radius 3 is 2.43 bits per heavy atom. The molecule has 4 nitrogen and oxygen atoms in total. The van der Waals surface area contributed by atoms with Crippen LogP contribution in [0.25, 0.3) is 0 Å². The van der Waals surface area contributed by atoms with Crippen molar-refractivity contribution < 1.29 is 27.5 Å². The summed E-state index contributed by atoms with van der Waals surface area (Å²) < 4.78 is 43.1. The minimum absolute atomic E-state index is 0.222. The first-order valence-corrected chi connectivity index (χ1v) is 6.97. The van der Waals surface area contributed by atoms with Crippen LogP contribution >= 0.6 is 0 Å². The largest absolute Gasteiger partial charge is 0.465 e. The normalized spacial score (nSPS) is 17.2. The molecule has 1 atom stereocenters. The molecule has 0 saturated heterocycles. The van der Waals surface area contributed by atoms with Crippen LogP contribution in [0, 0.1) is 5.92 Å². The number of ether oxygens (including phenoxy) is 1. The number of anilines is 1. The summed E-state index contributed by atoms with van der Waals surface area (Å²) in [6, 6.07) is 4.57. The minimum atomic E-state index is -4.95. The van der Waals surface area contributed by atoms with Crippen LogP contribution in [0.5, 0.6) is 0 Å². The molecule has 1 unspecified atom stereocenters. The third-order valence-electron chi connectivity index (χ3n) is 3.71. The molecule has 0 radical (unpaired) electrons. The Bertz CT molecular complexity index is 678. The van der Waals surface area contributed by atoms with Gasteiger partial charge in [-0.15, -0.1) is 0 Å². The van der Waals surface area contributed by atoms with Crippen LogP contribution in [-0.4, -0.2) is 25.0 Å². The minimum Gasteiger partial charge on any atom is -0.465 e. The maximum atomic E-state index is 12.8. The van der Waals surface area contributed by atoms with Crippen molar-refractivity contribution in [2.24, 2.45) is 5.92 Å². The zero-order chi connectivity index (χ0) is 17.4. The maximum Gasteiger partial charge on any atom is 0.454 e. The highest BCUT2D eigenvalue weighted by Crippen LogP contribution is 2.42. The molecule has 0 aliphatic carbocycles. The summed E-state index contributed by atoms with van der Waals surface area (Å²) in [7, 11) is 1.22. The molecule has 1 aliphatic rings. The van der Waals surface area contributed by atoms with Crippen LogP contribution in [0.15, 0.2) is 30.0 Å². The lowest BCUT2D eigenvalue weighted by Gasteiger charge is -2.30. The Hall–Kier alpha value is -2.31. The van der Waals surface area contributed by atoms with Crippen molar-refractivity contribution in [1.29, 1.82) is 0 Å². The molecule has 1 aromatic rings. The van der Waals surface area contributed by atoms with Gasteiger partial charge in [-0.05, 0) is 29.7 Å². The fourth-order valence-corrected chi connectivity index (χ4v) is 2.70. The highest BCUT2D eigenvalue weighted by Gasteiger charge is 2.45. The Labute approximate surface area is 131 Å². The van der Waals surface area contributed by atoms with E-state index in [4.69, 9.17) is 0 Å². The number of methoxy groups -OCH3 is 1. The van der Waals surface area contributed by atoms with Gasteiger partial charge in [-0.3, -0.25) is 4.79 Å². The van der Waals surface area contributed by atoms with Crippen LogP contribution in [0.4, 0.5) is 18.9 Å². The Morgan fingerprint density at radius 1 is 1.26 bits per heavy atom. The van der Waals surface area contributed by atoms with Crippen molar-refractivity contribution in [2.75, 3.05) is 12.4 Å². The van der Waals surface area contributed by atoms with Crippen LogP contribution in [0.2, 0.25) is 0 Å². The molecule has 7 heteroatoms. The summed E-state index contributed by atoms with van der Waals surface area (Å²) in [5.74, 6) is -3.49. The summed E-state index contributed by atoms with van der Waals surface area (Å²) in [4.78, 5) is 23.3. The zero-order valence-electron chi connectivity index (χ0n) is 12.8. The van der Waals surface area contributed by atoms with Crippen molar-refractivity contribution in [3.05, 3.63) is 41.1 Å². The van der Waals surface area contributed by atoms with Gasteiger partial charge in [0.25, 0.3) is 5.78 Å². The summed E-state index contributed by atoms with van der Waals surface area (Å²) in [5.41, 5.74) is 0.898. The number of carbonyl (C=O) groups excluding carboxylic acids is 2. The van der Waals surface area contributed by atoms with E-state index in [2.05, 4.69) is 10.1 Å². The quantitative estimate of drug-likeness (QED) is 0.861. The molecule has 0 bridgehead atoms. The fourth-order valence-electron chi connectivity index (χ4n) is 2.70. The van der Waals surface area contributed by atoms with E-state index in [9.17, 15) is 22.8 Å². The topological polar surface area (TPSA) is 55.4 Å². The molecular formula is C16H16F3NO3. The standard InChI is InChI=1S/C16H16F3NO3/c1-8(2)13-10-6-9(15(22)23-3)4-5-12(10)20-7-11(13)14(21)16(17,18)19/h4-8,13,20H,1-3H3. The lowest BCUT2D eigenvalue weighted by molar-refractivity contribution is -0.167. The first kappa shape index (κ1) is 17.1. The summed E-state index contributed by atoms with van der Waals surface area (Å²) in [6.45, 7) is 3.45. The number of esters is 1. The van der Waals surface area contributed by atoms with Crippen molar-refractivity contribution in [3.63, 3.8) is 0 Å². The Kier molecular flexibility index (Phi) is 4.49. The molecule has 0 aromatic heterocycles. The number of ketones is 1. The van der Waals surface area contributed by atoms with Crippen molar-refractivity contribution in [1.82, 2.24) is 0 Å². The second-order valence-corrected chi connectivity index (χ2v) is 5.59. The molecule has 124 valence electrons. The van der Waals surface area contributed by atoms with Gasteiger partial charge in [-0.1, -0.05) is 13.8 Å².